The van der Waals surface area contributed by atoms with Crippen molar-refractivity contribution in [2.24, 2.45) is 5.73 Å². The van der Waals surface area contributed by atoms with E-state index in [4.69, 9.17) is 10.8 Å². The van der Waals surface area contributed by atoms with Crippen molar-refractivity contribution in [3.05, 3.63) is 0 Å². The fraction of sp³-hybridized carbons (Fsp3) is 1.00. The number of hydrogen-bond acceptors (Lipinski definition) is 3. The Morgan fingerprint density at radius 1 is 1.67 bits per heavy atom. The first-order chi connectivity index (χ1) is 4.20. The molecule has 0 aromatic heterocycles. The van der Waals surface area contributed by atoms with Gasteiger partial charge >= 0.3 is 0 Å². The van der Waals surface area contributed by atoms with Gasteiger partial charge in [0.15, 0.2) is 0 Å². The molecule has 2 atom stereocenters. The molecule has 2 unspecified atom stereocenters. The third-order valence-electron chi connectivity index (χ3n) is 1.21. The SMILES string of the molecule is CCC(N)NC(C)CO. The van der Waals surface area contributed by atoms with Crippen LogP contribution in [0.15, 0.2) is 0 Å². The van der Waals surface area contributed by atoms with Gasteiger partial charge in [-0.3, -0.25) is 5.32 Å². The second-order valence-corrected chi connectivity index (χ2v) is 2.27. The van der Waals surface area contributed by atoms with Gasteiger partial charge < -0.3 is 10.8 Å². The van der Waals surface area contributed by atoms with E-state index in [0.717, 1.165) is 6.42 Å². The Morgan fingerprint density at radius 2 is 2.22 bits per heavy atom. The lowest BCUT2D eigenvalue weighted by molar-refractivity contribution is 0.240. The first-order valence-corrected chi connectivity index (χ1v) is 3.33. The van der Waals surface area contributed by atoms with E-state index in [1.54, 1.807) is 0 Å². The molecule has 0 aromatic rings. The molecule has 4 N–H and O–H groups in total. The molecule has 0 spiro atoms. The smallest absolute Gasteiger partial charge is 0.0582 e. The van der Waals surface area contributed by atoms with Crippen LogP contribution in [0, 0.1) is 0 Å². The normalized spacial score (nSPS) is 17.3. The van der Waals surface area contributed by atoms with Crippen LogP contribution in [0.4, 0.5) is 0 Å². The molecular weight excluding hydrogens is 116 g/mol. The third-order valence-corrected chi connectivity index (χ3v) is 1.21. The van der Waals surface area contributed by atoms with Crippen molar-refractivity contribution < 1.29 is 5.11 Å². The van der Waals surface area contributed by atoms with Crippen LogP contribution in [-0.2, 0) is 0 Å². The van der Waals surface area contributed by atoms with Crippen LogP contribution in [-0.4, -0.2) is 23.9 Å². The average molecular weight is 132 g/mol. The second-order valence-electron chi connectivity index (χ2n) is 2.27. The number of nitrogens with one attached hydrogen (secondary N) is 1. The zero-order valence-corrected chi connectivity index (χ0v) is 6.09. The van der Waals surface area contributed by atoms with E-state index in [2.05, 4.69) is 5.32 Å². The van der Waals surface area contributed by atoms with E-state index in [0.29, 0.717) is 0 Å². The predicted molar refractivity (Wildman–Crippen MR) is 37.9 cm³/mol. The highest BCUT2D eigenvalue weighted by molar-refractivity contribution is 4.62. The number of hydrogen-bond donors (Lipinski definition) is 3. The van der Waals surface area contributed by atoms with Gasteiger partial charge in [0.1, 0.15) is 0 Å². The Bertz CT molecular complexity index is 60.1. The number of aliphatic hydroxyl groups is 1. The molecule has 0 aliphatic rings. The maximum absolute atomic E-state index is 8.56. The molecule has 0 radical (unpaired) electrons. The summed E-state index contributed by atoms with van der Waals surface area (Å²) in [5, 5.41) is 11.6. The molecule has 0 amide bonds. The van der Waals surface area contributed by atoms with Gasteiger partial charge in [-0.25, -0.2) is 0 Å². The van der Waals surface area contributed by atoms with Gasteiger partial charge in [-0.15, -0.1) is 0 Å². The maximum atomic E-state index is 8.56. The largest absolute Gasteiger partial charge is 0.395 e. The minimum absolute atomic E-state index is 0.0205. The van der Waals surface area contributed by atoms with Gasteiger partial charge in [0, 0.05) is 6.04 Å². The van der Waals surface area contributed by atoms with Crippen LogP contribution >= 0.6 is 0 Å². The molecule has 3 heteroatoms. The molecule has 0 aliphatic heterocycles. The summed E-state index contributed by atoms with van der Waals surface area (Å²) in [6.45, 7) is 4.05. The van der Waals surface area contributed by atoms with Crippen molar-refractivity contribution in [1.82, 2.24) is 5.32 Å². The van der Waals surface area contributed by atoms with Crippen molar-refractivity contribution in [3.8, 4) is 0 Å². The molecule has 9 heavy (non-hydrogen) atoms. The summed E-state index contributed by atoms with van der Waals surface area (Å²) in [5.41, 5.74) is 5.53. The van der Waals surface area contributed by atoms with Crippen LogP contribution in [0.5, 0.6) is 0 Å². The minimum Gasteiger partial charge on any atom is -0.395 e. The topological polar surface area (TPSA) is 58.3 Å². The van der Waals surface area contributed by atoms with Gasteiger partial charge in [0.05, 0.1) is 12.8 Å². The van der Waals surface area contributed by atoms with E-state index in [-0.39, 0.29) is 18.8 Å². The number of aliphatic hydroxyl groups excluding tert-OH is 1. The van der Waals surface area contributed by atoms with Crippen LogP contribution in [0.25, 0.3) is 0 Å². The summed E-state index contributed by atoms with van der Waals surface area (Å²) >= 11 is 0. The van der Waals surface area contributed by atoms with Gasteiger partial charge in [-0.2, -0.15) is 0 Å². The molecule has 0 aromatic carbocycles. The lowest BCUT2D eigenvalue weighted by Gasteiger charge is -2.15. The van der Waals surface area contributed by atoms with Crippen molar-refractivity contribution in [1.29, 1.82) is 0 Å². The lowest BCUT2D eigenvalue weighted by Crippen LogP contribution is -2.43. The molecular formula is C6H16N2O. The van der Waals surface area contributed by atoms with Crippen molar-refractivity contribution in [2.75, 3.05) is 6.61 Å². The highest BCUT2D eigenvalue weighted by Crippen LogP contribution is 1.84. The lowest BCUT2D eigenvalue weighted by atomic mass is 10.3. The number of rotatable bonds is 4. The molecule has 0 rings (SSSR count). The van der Waals surface area contributed by atoms with Crippen molar-refractivity contribution in [2.45, 2.75) is 32.5 Å². The zero-order chi connectivity index (χ0) is 7.28. The van der Waals surface area contributed by atoms with E-state index in [1.165, 1.54) is 0 Å². The summed E-state index contributed by atoms with van der Waals surface area (Å²) in [6, 6.07) is 0.111. The standard InChI is InChI=1S/C6H16N2O/c1-3-6(7)8-5(2)4-9/h5-6,8-9H,3-4,7H2,1-2H3. The Morgan fingerprint density at radius 3 is 2.56 bits per heavy atom. The zero-order valence-electron chi connectivity index (χ0n) is 6.09. The van der Waals surface area contributed by atoms with Gasteiger partial charge in [-0.05, 0) is 13.3 Å². The summed E-state index contributed by atoms with van der Waals surface area (Å²) in [6.07, 6.45) is 0.914. The molecule has 0 saturated heterocycles. The van der Waals surface area contributed by atoms with E-state index in [9.17, 15) is 0 Å². The summed E-state index contributed by atoms with van der Waals surface area (Å²) in [5.74, 6) is 0. The average Bonchev–Trinajstić information content (AvgIpc) is 1.87. The van der Waals surface area contributed by atoms with Gasteiger partial charge in [-0.1, -0.05) is 6.92 Å². The summed E-state index contributed by atoms with van der Waals surface area (Å²) in [7, 11) is 0. The molecule has 3 nitrogen and oxygen atoms in total. The van der Waals surface area contributed by atoms with Crippen LogP contribution in [0.2, 0.25) is 0 Å². The molecule has 0 bridgehead atoms. The van der Waals surface area contributed by atoms with E-state index >= 15 is 0 Å². The highest BCUT2D eigenvalue weighted by atomic mass is 16.3. The Hall–Kier alpha value is -0.120. The molecule has 0 aliphatic carbocycles. The maximum Gasteiger partial charge on any atom is 0.0582 e. The summed E-state index contributed by atoms with van der Waals surface area (Å²) < 4.78 is 0. The highest BCUT2D eigenvalue weighted by Gasteiger charge is 2.02. The minimum atomic E-state index is 0.0205. The van der Waals surface area contributed by atoms with Gasteiger partial charge in [0.2, 0.25) is 0 Å². The predicted octanol–water partition coefficient (Wildman–Crippen LogP) is -0.348. The third kappa shape index (κ3) is 4.39. The van der Waals surface area contributed by atoms with Crippen LogP contribution in [0.3, 0.4) is 0 Å². The summed E-state index contributed by atoms with van der Waals surface area (Å²) in [4.78, 5) is 0. The fourth-order valence-electron chi connectivity index (χ4n) is 0.536. The quantitative estimate of drug-likeness (QED) is 0.458. The fourth-order valence-corrected chi connectivity index (χ4v) is 0.536. The first kappa shape index (κ1) is 8.88. The second kappa shape index (κ2) is 4.73. The van der Waals surface area contributed by atoms with Crippen molar-refractivity contribution in [3.63, 3.8) is 0 Å². The van der Waals surface area contributed by atoms with Crippen LogP contribution < -0.4 is 11.1 Å². The monoisotopic (exact) mass is 132 g/mol. The molecule has 0 fully saturated rings. The molecule has 56 valence electrons. The van der Waals surface area contributed by atoms with Gasteiger partial charge in [0.25, 0.3) is 0 Å². The van der Waals surface area contributed by atoms with E-state index in [1.807, 2.05) is 13.8 Å². The first-order valence-electron chi connectivity index (χ1n) is 3.33. The number of nitrogens with two attached hydrogens (primary N) is 1. The van der Waals surface area contributed by atoms with Crippen LogP contribution in [0.1, 0.15) is 20.3 Å². The van der Waals surface area contributed by atoms with Crippen molar-refractivity contribution >= 4 is 0 Å². The molecule has 0 heterocycles. The Labute approximate surface area is 56.2 Å². The molecule has 0 saturated carbocycles. The van der Waals surface area contributed by atoms with E-state index < -0.39 is 0 Å². The Kier molecular flexibility index (Phi) is 4.67. The Balaban J connectivity index is 3.22.